The van der Waals surface area contributed by atoms with Crippen molar-refractivity contribution >= 4 is 67.8 Å². The van der Waals surface area contributed by atoms with Gasteiger partial charge in [0.25, 0.3) is 0 Å². The molecular formula is C10H10I3O. The second-order valence-electron chi connectivity index (χ2n) is 3.45. The highest BCUT2D eigenvalue weighted by molar-refractivity contribution is 14.1. The van der Waals surface area contributed by atoms with Gasteiger partial charge in [0.05, 0.1) is 0 Å². The summed E-state index contributed by atoms with van der Waals surface area (Å²) in [5.74, 6) is 0.150. The van der Waals surface area contributed by atoms with Gasteiger partial charge in [-0.05, 0) is 85.8 Å². The van der Waals surface area contributed by atoms with E-state index in [2.05, 4.69) is 79.9 Å². The molecule has 0 saturated heterocycles. The van der Waals surface area contributed by atoms with Gasteiger partial charge in [0.1, 0.15) is 6.10 Å². The van der Waals surface area contributed by atoms with Gasteiger partial charge in [0, 0.05) is 16.3 Å². The van der Waals surface area contributed by atoms with Gasteiger partial charge in [-0.15, -0.1) is 0 Å². The summed E-state index contributed by atoms with van der Waals surface area (Å²) in [6.45, 7) is 3.95. The second kappa shape index (κ2) is 5.62. The number of hydrogen-bond acceptors (Lipinski definition) is 0. The Labute approximate surface area is 125 Å². The van der Waals surface area contributed by atoms with Gasteiger partial charge in [0.2, 0.25) is 0 Å². The molecule has 1 nitrogen and oxygen atoms in total. The lowest BCUT2D eigenvalue weighted by molar-refractivity contribution is 0.0474. The fourth-order valence-corrected chi connectivity index (χ4v) is 5.35. The molecule has 0 amide bonds. The van der Waals surface area contributed by atoms with E-state index in [4.69, 9.17) is 0 Å². The normalized spacial score (nSPS) is 13.4. The Morgan fingerprint density at radius 1 is 1.07 bits per heavy atom. The Bertz CT molecular complexity index is 313. The van der Waals surface area contributed by atoms with Crippen LogP contribution in [0.4, 0.5) is 0 Å². The molecule has 1 rings (SSSR count). The standard InChI is InChI=1S/C10H10I3O/c1-5(2)10(14)9-7(12)3-6(11)4-8(9)13/h3-5,10H,1-2H3. The van der Waals surface area contributed by atoms with Crippen LogP contribution in [0.5, 0.6) is 0 Å². The molecule has 0 aliphatic carbocycles. The number of hydrogen-bond donors (Lipinski definition) is 0. The van der Waals surface area contributed by atoms with Crippen molar-refractivity contribution in [3.8, 4) is 0 Å². The Morgan fingerprint density at radius 2 is 1.50 bits per heavy atom. The lowest BCUT2D eigenvalue weighted by Gasteiger charge is -2.16. The summed E-state index contributed by atoms with van der Waals surface area (Å²) in [7, 11) is 0. The van der Waals surface area contributed by atoms with E-state index in [-0.39, 0.29) is 5.92 Å². The van der Waals surface area contributed by atoms with Gasteiger partial charge in [-0.25, -0.2) is 5.11 Å². The summed E-state index contributed by atoms with van der Waals surface area (Å²) in [5.41, 5.74) is 0.960. The first kappa shape index (κ1) is 13.4. The fourth-order valence-electron chi connectivity index (χ4n) is 1.16. The molecule has 1 aromatic rings. The van der Waals surface area contributed by atoms with Crippen molar-refractivity contribution in [3.05, 3.63) is 28.4 Å². The molecule has 4 heteroatoms. The molecule has 1 radical (unpaired) electrons. The van der Waals surface area contributed by atoms with Crippen LogP contribution < -0.4 is 0 Å². The first-order valence-electron chi connectivity index (χ1n) is 4.23. The Hall–Kier alpha value is 1.37. The fraction of sp³-hybridized carbons (Fsp3) is 0.400. The first-order chi connectivity index (χ1) is 6.43. The predicted molar refractivity (Wildman–Crippen MR) is 82.9 cm³/mol. The van der Waals surface area contributed by atoms with Crippen LogP contribution in [0.3, 0.4) is 0 Å². The van der Waals surface area contributed by atoms with Gasteiger partial charge in [0.15, 0.2) is 0 Å². The highest BCUT2D eigenvalue weighted by Crippen LogP contribution is 2.31. The minimum Gasteiger partial charge on any atom is -0.228 e. The molecule has 0 fully saturated rings. The summed E-state index contributed by atoms with van der Waals surface area (Å²) in [5, 5.41) is 12.0. The number of rotatable bonds is 2. The predicted octanol–water partition coefficient (Wildman–Crippen LogP) is 4.63. The van der Waals surface area contributed by atoms with Crippen molar-refractivity contribution in [1.82, 2.24) is 0 Å². The molecule has 0 saturated carbocycles. The van der Waals surface area contributed by atoms with E-state index >= 15 is 0 Å². The maximum absolute atomic E-state index is 12.0. The molecule has 0 aliphatic heterocycles. The molecule has 1 aromatic carbocycles. The van der Waals surface area contributed by atoms with Gasteiger partial charge in [-0.3, -0.25) is 0 Å². The summed E-state index contributed by atoms with van der Waals surface area (Å²) in [6.07, 6.45) is -0.606. The minimum absolute atomic E-state index is 0.150. The van der Waals surface area contributed by atoms with Crippen molar-refractivity contribution in [3.63, 3.8) is 0 Å². The average molecular weight is 527 g/mol. The molecule has 0 aliphatic rings. The van der Waals surface area contributed by atoms with Crippen LogP contribution in [0.15, 0.2) is 12.1 Å². The lowest BCUT2D eigenvalue weighted by Crippen LogP contribution is -2.08. The van der Waals surface area contributed by atoms with Crippen molar-refractivity contribution < 1.29 is 5.11 Å². The van der Waals surface area contributed by atoms with Gasteiger partial charge < -0.3 is 0 Å². The van der Waals surface area contributed by atoms with E-state index in [9.17, 15) is 5.11 Å². The van der Waals surface area contributed by atoms with Crippen molar-refractivity contribution in [2.24, 2.45) is 5.92 Å². The summed E-state index contributed by atoms with van der Waals surface area (Å²) < 4.78 is 3.37. The third-order valence-electron chi connectivity index (χ3n) is 1.93. The Morgan fingerprint density at radius 3 is 1.86 bits per heavy atom. The zero-order valence-corrected chi connectivity index (χ0v) is 14.3. The van der Waals surface area contributed by atoms with E-state index in [0.717, 1.165) is 12.7 Å². The third-order valence-corrected chi connectivity index (χ3v) is 4.34. The number of benzene rings is 1. The molecule has 14 heavy (non-hydrogen) atoms. The highest BCUT2D eigenvalue weighted by atomic mass is 127. The maximum atomic E-state index is 12.0. The number of halogens is 3. The highest BCUT2D eigenvalue weighted by Gasteiger charge is 2.20. The van der Waals surface area contributed by atoms with Crippen LogP contribution in [-0.4, -0.2) is 0 Å². The van der Waals surface area contributed by atoms with Crippen LogP contribution >= 0.6 is 67.8 Å². The minimum atomic E-state index is -0.606. The molecule has 0 bridgehead atoms. The van der Waals surface area contributed by atoms with Crippen LogP contribution in [0.25, 0.3) is 0 Å². The van der Waals surface area contributed by atoms with Gasteiger partial charge >= 0.3 is 0 Å². The van der Waals surface area contributed by atoms with Crippen LogP contribution in [0.1, 0.15) is 25.5 Å². The lowest BCUT2D eigenvalue weighted by atomic mass is 9.99. The third kappa shape index (κ3) is 3.18. The zero-order chi connectivity index (χ0) is 10.9. The summed E-state index contributed by atoms with van der Waals surface area (Å²) in [6, 6.07) is 4.12. The van der Waals surface area contributed by atoms with Crippen molar-refractivity contribution in [2.75, 3.05) is 0 Å². The Kier molecular flexibility index (Phi) is 5.40. The van der Waals surface area contributed by atoms with Crippen LogP contribution in [0.2, 0.25) is 0 Å². The van der Waals surface area contributed by atoms with E-state index in [0.29, 0.717) is 0 Å². The summed E-state index contributed by atoms with van der Waals surface area (Å²) in [4.78, 5) is 0. The van der Waals surface area contributed by atoms with E-state index in [1.165, 1.54) is 3.57 Å². The zero-order valence-electron chi connectivity index (χ0n) is 7.85. The first-order valence-corrected chi connectivity index (χ1v) is 7.47. The molecule has 1 unspecified atom stereocenters. The topological polar surface area (TPSA) is 19.9 Å². The largest absolute Gasteiger partial charge is 0.228 e. The molecule has 0 spiro atoms. The maximum Gasteiger partial charge on any atom is 0.122 e. The SMILES string of the molecule is CC(C)C([O])c1c(I)cc(I)cc1I. The molecular weight excluding hydrogens is 517 g/mol. The summed E-state index contributed by atoms with van der Waals surface area (Å²) >= 11 is 6.78. The molecule has 0 heterocycles. The Balaban J connectivity index is 3.20. The quantitative estimate of drug-likeness (QED) is 0.501. The average Bonchev–Trinajstić information content (AvgIpc) is 2.01. The smallest absolute Gasteiger partial charge is 0.122 e. The van der Waals surface area contributed by atoms with Crippen molar-refractivity contribution in [2.45, 2.75) is 20.0 Å². The molecule has 77 valence electrons. The van der Waals surface area contributed by atoms with Crippen LogP contribution in [-0.2, 0) is 5.11 Å². The van der Waals surface area contributed by atoms with Gasteiger partial charge in [-0.1, -0.05) is 13.8 Å². The molecule has 0 aromatic heterocycles. The van der Waals surface area contributed by atoms with Crippen LogP contribution in [0, 0.1) is 16.6 Å². The monoisotopic (exact) mass is 527 g/mol. The van der Waals surface area contributed by atoms with E-state index in [1.54, 1.807) is 0 Å². The molecule has 1 atom stereocenters. The van der Waals surface area contributed by atoms with E-state index in [1.807, 2.05) is 13.8 Å². The van der Waals surface area contributed by atoms with Crippen molar-refractivity contribution in [1.29, 1.82) is 0 Å². The molecule has 0 N–H and O–H groups in total. The van der Waals surface area contributed by atoms with Gasteiger partial charge in [-0.2, -0.15) is 0 Å². The van der Waals surface area contributed by atoms with E-state index < -0.39 is 6.10 Å². The second-order valence-corrected chi connectivity index (χ2v) is 7.02.